The first kappa shape index (κ1) is 10.0. The van der Waals surface area contributed by atoms with Crippen molar-refractivity contribution in [3.05, 3.63) is 0 Å². The Balaban J connectivity index is 2.78. The maximum Gasteiger partial charge on any atom is 0.210 e. The standard InChI is InChI=1S/C7H13N5S/c1-3-4-9-6-5(8)11-12-7(10-6)13-2/h3-4H2,1-2H3,(H2,8,11)(H,9,10,12). The van der Waals surface area contributed by atoms with Crippen molar-refractivity contribution >= 4 is 23.4 Å². The molecule has 0 unspecified atom stereocenters. The molecule has 1 aromatic rings. The summed E-state index contributed by atoms with van der Waals surface area (Å²) in [6.07, 6.45) is 2.93. The normalized spacial score (nSPS) is 10.0. The quantitative estimate of drug-likeness (QED) is 0.704. The molecular formula is C7H13N5S. The first-order valence-electron chi connectivity index (χ1n) is 4.06. The van der Waals surface area contributed by atoms with E-state index < -0.39 is 0 Å². The van der Waals surface area contributed by atoms with Crippen LogP contribution in [0.5, 0.6) is 0 Å². The summed E-state index contributed by atoms with van der Waals surface area (Å²) in [5.41, 5.74) is 5.58. The molecule has 1 rings (SSSR count). The Bertz CT molecular complexity index is 278. The number of hydrogen-bond acceptors (Lipinski definition) is 6. The highest BCUT2D eigenvalue weighted by Crippen LogP contribution is 2.14. The zero-order valence-corrected chi connectivity index (χ0v) is 8.56. The van der Waals surface area contributed by atoms with Crippen molar-refractivity contribution in [2.24, 2.45) is 0 Å². The second-order valence-corrected chi connectivity index (χ2v) is 3.23. The zero-order chi connectivity index (χ0) is 9.68. The number of anilines is 2. The van der Waals surface area contributed by atoms with Gasteiger partial charge in [-0.3, -0.25) is 0 Å². The summed E-state index contributed by atoms with van der Waals surface area (Å²) in [5.74, 6) is 0.979. The molecule has 0 aromatic carbocycles. The maximum atomic E-state index is 5.58. The third-order valence-electron chi connectivity index (χ3n) is 1.42. The lowest BCUT2D eigenvalue weighted by Gasteiger charge is -2.05. The summed E-state index contributed by atoms with van der Waals surface area (Å²) >= 11 is 1.44. The average molecular weight is 199 g/mol. The van der Waals surface area contributed by atoms with E-state index in [4.69, 9.17) is 5.73 Å². The molecule has 13 heavy (non-hydrogen) atoms. The fourth-order valence-corrected chi connectivity index (χ4v) is 1.08. The molecule has 72 valence electrons. The van der Waals surface area contributed by atoms with Crippen LogP contribution in [0.3, 0.4) is 0 Å². The molecule has 0 radical (unpaired) electrons. The second-order valence-electron chi connectivity index (χ2n) is 2.46. The molecule has 0 bridgehead atoms. The predicted molar refractivity (Wildman–Crippen MR) is 54.8 cm³/mol. The Morgan fingerprint density at radius 1 is 1.46 bits per heavy atom. The highest BCUT2D eigenvalue weighted by molar-refractivity contribution is 7.98. The SMILES string of the molecule is CCCNc1nc(SC)nnc1N. The molecule has 0 aliphatic heterocycles. The van der Waals surface area contributed by atoms with Gasteiger partial charge in [0, 0.05) is 6.54 Å². The average Bonchev–Trinajstić information content (AvgIpc) is 2.17. The number of nitrogens with two attached hydrogens (primary N) is 1. The fraction of sp³-hybridized carbons (Fsp3) is 0.571. The van der Waals surface area contributed by atoms with Crippen LogP contribution in [0.2, 0.25) is 0 Å². The van der Waals surface area contributed by atoms with Gasteiger partial charge >= 0.3 is 0 Å². The maximum absolute atomic E-state index is 5.58. The lowest BCUT2D eigenvalue weighted by atomic mass is 10.5. The van der Waals surface area contributed by atoms with Gasteiger partial charge in [0.25, 0.3) is 0 Å². The highest BCUT2D eigenvalue weighted by Gasteiger charge is 2.03. The van der Waals surface area contributed by atoms with Crippen LogP contribution >= 0.6 is 11.8 Å². The number of thioether (sulfide) groups is 1. The molecule has 0 aliphatic carbocycles. The molecule has 0 amide bonds. The van der Waals surface area contributed by atoms with E-state index >= 15 is 0 Å². The van der Waals surface area contributed by atoms with Gasteiger partial charge in [0.15, 0.2) is 11.6 Å². The van der Waals surface area contributed by atoms with Crippen LogP contribution < -0.4 is 11.1 Å². The minimum atomic E-state index is 0.353. The Morgan fingerprint density at radius 2 is 2.23 bits per heavy atom. The van der Waals surface area contributed by atoms with Crippen LogP contribution in [0.15, 0.2) is 5.16 Å². The largest absolute Gasteiger partial charge is 0.379 e. The van der Waals surface area contributed by atoms with E-state index in [1.165, 1.54) is 11.8 Å². The Kier molecular flexibility index (Phi) is 3.75. The summed E-state index contributed by atoms with van der Waals surface area (Å²) in [5, 5.41) is 11.3. The third-order valence-corrected chi connectivity index (χ3v) is 1.96. The van der Waals surface area contributed by atoms with Gasteiger partial charge in [-0.2, -0.15) is 4.98 Å². The summed E-state index contributed by atoms with van der Waals surface area (Å²) in [6, 6.07) is 0. The van der Waals surface area contributed by atoms with E-state index in [1.54, 1.807) is 0 Å². The van der Waals surface area contributed by atoms with Crippen molar-refractivity contribution in [3.63, 3.8) is 0 Å². The Morgan fingerprint density at radius 3 is 2.85 bits per heavy atom. The van der Waals surface area contributed by atoms with Gasteiger partial charge in [0.05, 0.1) is 0 Å². The van der Waals surface area contributed by atoms with Gasteiger partial charge in [0.2, 0.25) is 5.16 Å². The molecule has 0 saturated carbocycles. The molecule has 6 heteroatoms. The van der Waals surface area contributed by atoms with E-state index in [2.05, 4.69) is 27.4 Å². The monoisotopic (exact) mass is 199 g/mol. The van der Waals surface area contributed by atoms with E-state index in [0.717, 1.165) is 13.0 Å². The van der Waals surface area contributed by atoms with Gasteiger partial charge in [0.1, 0.15) is 0 Å². The molecular weight excluding hydrogens is 186 g/mol. The van der Waals surface area contributed by atoms with Crippen molar-refractivity contribution < 1.29 is 0 Å². The molecule has 1 heterocycles. The van der Waals surface area contributed by atoms with Crippen LogP contribution in [-0.2, 0) is 0 Å². The topological polar surface area (TPSA) is 76.7 Å². The second kappa shape index (κ2) is 4.86. The molecule has 0 atom stereocenters. The van der Waals surface area contributed by atoms with Gasteiger partial charge in [-0.05, 0) is 12.7 Å². The molecule has 0 saturated heterocycles. The minimum absolute atomic E-state index is 0.353. The third kappa shape index (κ3) is 2.73. The highest BCUT2D eigenvalue weighted by atomic mass is 32.2. The number of hydrogen-bond donors (Lipinski definition) is 2. The minimum Gasteiger partial charge on any atom is -0.379 e. The predicted octanol–water partition coefficient (Wildman–Crippen LogP) is 0.998. The van der Waals surface area contributed by atoms with Crippen molar-refractivity contribution in [1.29, 1.82) is 0 Å². The smallest absolute Gasteiger partial charge is 0.210 e. The summed E-state index contributed by atoms with van der Waals surface area (Å²) in [4.78, 5) is 4.18. The van der Waals surface area contributed by atoms with E-state index in [0.29, 0.717) is 16.8 Å². The van der Waals surface area contributed by atoms with Gasteiger partial charge in [-0.15, -0.1) is 10.2 Å². The number of rotatable bonds is 4. The van der Waals surface area contributed by atoms with Crippen LogP contribution in [-0.4, -0.2) is 28.0 Å². The van der Waals surface area contributed by atoms with Crippen molar-refractivity contribution in [2.75, 3.05) is 23.9 Å². The lowest BCUT2D eigenvalue weighted by Crippen LogP contribution is -2.08. The summed E-state index contributed by atoms with van der Waals surface area (Å²) in [6.45, 7) is 2.92. The molecule has 1 aromatic heterocycles. The zero-order valence-electron chi connectivity index (χ0n) is 7.74. The van der Waals surface area contributed by atoms with Gasteiger partial charge < -0.3 is 11.1 Å². The summed E-state index contributed by atoms with van der Waals surface area (Å²) < 4.78 is 0. The van der Waals surface area contributed by atoms with Crippen LogP contribution in [0, 0.1) is 0 Å². The number of nitrogen functional groups attached to an aromatic ring is 1. The van der Waals surface area contributed by atoms with Gasteiger partial charge in [-0.1, -0.05) is 18.7 Å². The van der Waals surface area contributed by atoms with Crippen molar-refractivity contribution in [1.82, 2.24) is 15.2 Å². The van der Waals surface area contributed by atoms with Crippen molar-refractivity contribution in [3.8, 4) is 0 Å². The summed E-state index contributed by atoms with van der Waals surface area (Å²) in [7, 11) is 0. The lowest BCUT2D eigenvalue weighted by molar-refractivity contribution is 0.842. The van der Waals surface area contributed by atoms with Crippen LogP contribution in [0.4, 0.5) is 11.6 Å². The van der Waals surface area contributed by atoms with Gasteiger partial charge in [-0.25, -0.2) is 0 Å². The number of aromatic nitrogens is 3. The first-order chi connectivity index (χ1) is 6.27. The van der Waals surface area contributed by atoms with E-state index in [9.17, 15) is 0 Å². The Hall–Kier alpha value is -1.04. The number of nitrogens with zero attached hydrogens (tertiary/aromatic N) is 3. The molecule has 0 fully saturated rings. The van der Waals surface area contributed by atoms with E-state index in [-0.39, 0.29) is 0 Å². The number of nitrogens with one attached hydrogen (secondary N) is 1. The molecule has 0 aliphatic rings. The van der Waals surface area contributed by atoms with E-state index in [1.807, 2.05) is 6.26 Å². The van der Waals surface area contributed by atoms with Crippen LogP contribution in [0.25, 0.3) is 0 Å². The molecule has 3 N–H and O–H groups in total. The van der Waals surface area contributed by atoms with Crippen LogP contribution in [0.1, 0.15) is 13.3 Å². The van der Waals surface area contributed by atoms with Crippen molar-refractivity contribution in [2.45, 2.75) is 18.5 Å². The fourth-order valence-electron chi connectivity index (χ4n) is 0.779. The molecule has 0 spiro atoms. The molecule has 5 nitrogen and oxygen atoms in total. The Labute approximate surface area is 81.5 Å². The first-order valence-corrected chi connectivity index (χ1v) is 5.28.